The van der Waals surface area contributed by atoms with E-state index in [1.54, 1.807) is 0 Å². The third-order valence-corrected chi connectivity index (χ3v) is 4.29. The average molecular weight is 168 g/mol. The first kappa shape index (κ1) is 8.55. The summed E-state index contributed by atoms with van der Waals surface area (Å²) in [5.41, 5.74) is 0.345. The largest absolute Gasteiger partial charge is 0.393 e. The summed E-state index contributed by atoms with van der Waals surface area (Å²) in [5, 5.41) is 9.97. The predicted molar refractivity (Wildman–Crippen MR) is 49.9 cm³/mol. The van der Waals surface area contributed by atoms with Crippen LogP contribution >= 0.6 is 0 Å². The highest BCUT2D eigenvalue weighted by Gasteiger charge is 2.46. The van der Waals surface area contributed by atoms with Gasteiger partial charge in [-0.1, -0.05) is 32.6 Å². The second-order valence-corrected chi connectivity index (χ2v) is 4.79. The molecule has 0 aliphatic heterocycles. The van der Waals surface area contributed by atoms with Crippen LogP contribution in [0.3, 0.4) is 0 Å². The van der Waals surface area contributed by atoms with Gasteiger partial charge in [-0.3, -0.25) is 0 Å². The molecule has 0 aromatic rings. The van der Waals surface area contributed by atoms with E-state index in [1.807, 2.05) is 0 Å². The maximum absolute atomic E-state index is 9.97. The Labute approximate surface area is 75.2 Å². The van der Waals surface area contributed by atoms with E-state index in [9.17, 15) is 5.11 Å². The monoisotopic (exact) mass is 168 g/mol. The Morgan fingerprint density at radius 3 is 2.42 bits per heavy atom. The number of aliphatic hydroxyl groups excluding tert-OH is 1. The lowest BCUT2D eigenvalue weighted by molar-refractivity contribution is -0.0160. The van der Waals surface area contributed by atoms with Crippen LogP contribution in [0.25, 0.3) is 0 Å². The molecule has 0 saturated heterocycles. The summed E-state index contributed by atoms with van der Waals surface area (Å²) in [6, 6.07) is 0. The molecule has 2 aliphatic rings. The average Bonchev–Trinajstić information content (AvgIpc) is 2.41. The molecule has 3 atom stereocenters. The fourth-order valence-electron chi connectivity index (χ4n) is 3.38. The van der Waals surface area contributed by atoms with E-state index in [0.29, 0.717) is 5.41 Å². The normalized spacial score (nSPS) is 48.5. The predicted octanol–water partition coefficient (Wildman–Crippen LogP) is 2.73. The Balaban J connectivity index is 2.15. The molecule has 0 radical (unpaired) electrons. The smallest absolute Gasteiger partial charge is 0.0599 e. The molecule has 3 unspecified atom stereocenters. The first-order chi connectivity index (χ1) is 5.76. The van der Waals surface area contributed by atoms with Crippen molar-refractivity contribution in [3.8, 4) is 0 Å². The quantitative estimate of drug-likeness (QED) is 0.589. The summed E-state index contributed by atoms with van der Waals surface area (Å²) >= 11 is 0. The molecule has 0 heterocycles. The molecular formula is C11H20O. The van der Waals surface area contributed by atoms with Gasteiger partial charge in [0.05, 0.1) is 6.10 Å². The van der Waals surface area contributed by atoms with Crippen molar-refractivity contribution < 1.29 is 5.11 Å². The Morgan fingerprint density at radius 2 is 1.83 bits per heavy atom. The molecule has 1 N–H and O–H groups in total. The van der Waals surface area contributed by atoms with Gasteiger partial charge < -0.3 is 5.11 Å². The summed E-state index contributed by atoms with van der Waals surface area (Å²) in [6.45, 7) is 2.34. The van der Waals surface area contributed by atoms with Gasteiger partial charge in [-0.05, 0) is 30.6 Å². The Morgan fingerprint density at radius 1 is 1.08 bits per heavy atom. The zero-order chi connectivity index (χ0) is 8.60. The molecule has 2 rings (SSSR count). The van der Waals surface area contributed by atoms with Gasteiger partial charge in [-0.2, -0.15) is 0 Å². The van der Waals surface area contributed by atoms with Crippen molar-refractivity contribution in [2.45, 2.75) is 58.0 Å². The molecule has 2 saturated carbocycles. The molecular weight excluding hydrogens is 148 g/mol. The van der Waals surface area contributed by atoms with Crippen molar-refractivity contribution >= 4 is 0 Å². The first-order valence-corrected chi connectivity index (χ1v) is 5.44. The van der Waals surface area contributed by atoms with Gasteiger partial charge in [0.1, 0.15) is 0 Å². The van der Waals surface area contributed by atoms with Gasteiger partial charge in [0, 0.05) is 0 Å². The Hall–Kier alpha value is -0.0400. The number of aliphatic hydroxyl groups is 1. The van der Waals surface area contributed by atoms with Gasteiger partial charge in [0.25, 0.3) is 0 Å². The molecule has 0 bridgehead atoms. The van der Waals surface area contributed by atoms with Crippen molar-refractivity contribution in [3.05, 3.63) is 0 Å². The van der Waals surface area contributed by atoms with E-state index in [2.05, 4.69) is 6.92 Å². The standard InChI is InChI=1S/C11H20O/c1-9-5-2-3-7-11(9)8-4-6-10(11)12/h9-10,12H,2-8H2,1H3. The molecule has 0 amide bonds. The minimum Gasteiger partial charge on any atom is -0.393 e. The second-order valence-electron chi connectivity index (χ2n) is 4.79. The van der Waals surface area contributed by atoms with Gasteiger partial charge in [-0.25, -0.2) is 0 Å². The topological polar surface area (TPSA) is 20.2 Å². The Kier molecular flexibility index (Phi) is 2.16. The highest BCUT2D eigenvalue weighted by Crippen LogP contribution is 2.52. The van der Waals surface area contributed by atoms with Crippen molar-refractivity contribution in [2.75, 3.05) is 0 Å². The third kappa shape index (κ3) is 1.10. The molecule has 0 aromatic heterocycles. The zero-order valence-corrected chi connectivity index (χ0v) is 8.05. The van der Waals surface area contributed by atoms with Gasteiger partial charge in [0.2, 0.25) is 0 Å². The van der Waals surface area contributed by atoms with Crippen LogP contribution in [0.1, 0.15) is 51.9 Å². The van der Waals surface area contributed by atoms with Crippen molar-refractivity contribution in [2.24, 2.45) is 11.3 Å². The number of rotatable bonds is 0. The number of hydrogen-bond acceptors (Lipinski definition) is 1. The van der Waals surface area contributed by atoms with E-state index < -0.39 is 0 Å². The van der Waals surface area contributed by atoms with E-state index in [4.69, 9.17) is 0 Å². The van der Waals surface area contributed by atoms with Gasteiger partial charge in [0.15, 0.2) is 0 Å². The lowest BCUT2D eigenvalue weighted by Gasteiger charge is -2.42. The lowest BCUT2D eigenvalue weighted by Crippen LogP contribution is -2.38. The summed E-state index contributed by atoms with van der Waals surface area (Å²) in [4.78, 5) is 0. The van der Waals surface area contributed by atoms with Gasteiger partial charge in [-0.15, -0.1) is 0 Å². The SMILES string of the molecule is CC1CCCCC12CCCC2O. The zero-order valence-electron chi connectivity index (χ0n) is 8.05. The lowest BCUT2D eigenvalue weighted by atomic mass is 9.65. The maximum Gasteiger partial charge on any atom is 0.0599 e. The van der Waals surface area contributed by atoms with Crippen LogP contribution < -0.4 is 0 Å². The van der Waals surface area contributed by atoms with Crippen LogP contribution in [0.4, 0.5) is 0 Å². The molecule has 1 nitrogen and oxygen atoms in total. The van der Waals surface area contributed by atoms with Crippen molar-refractivity contribution in [1.29, 1.82) is 0 Å². The third-order valence-electron chi connectivity index (χ3n) is 4.29. The second kappa shape index (κ2) is 3.02. The molecule has 2 fully saturated rings. The van der Waals surface area contributed by atoms with Crippen LogP contribution in [0.15, 0.2) is 0 Å². The fourth-order valence-corrected chi connectivity index (χ4v) is 3.38. The van der Waals surface area contributed by atoms with E-state index >= 15 is 0 Å². The fraction of sp³-hybridized carbons (Fsp3) is 1.00. The van der Waals surface area contributed by atoms with E-state index in [-0.39, 0.29) is 6.10 Å². The van der Waals surface area contributed by atoms with Crippen molar-refractivity contribution in [3.63, 3.8) is 0 Å². The summed E-state index contributed by atoms with van der Waals surface area (Å²) < 4.78 is 0. The number of hydrogen-bond donors (Lipinski definition) is 1. The van der Waals surface area contributed by atoms with Gasteiger partial charge >= 0.3 is 0 Å². The molecule has 1 heteroatoms. The Bertz CT molecular complexity index is 166. The molecule has 0 aromatic carbocycles. The van der Waals surface area contributed by atoms with Crippen LogP contribution in [-0.2, 0) is 0 Å². The van der Waals surface area contributed by atoms with Crippen LogP contribution in [-0.4, -0.2) is 11.2 Å². The van der Waals surface area contributed by atoms with E-state index in [0.717, 1.165) is 12.3 Å². The van der Waals surface area contributed by atoms with Crippen molar-refractivity contribution in [1.82, 2.24) is 0 Å². The van der Waals surface area contributed by atoms with E-state index in [1.165, 1.54) is 38.5 Å². The maximum atomic E-state index is 9.97. The molecule has 70 valence electrons. The molecule has 1 spiro atoms. The highest BCUT2D eigenvalue weighted by molar-refractivity contribution is 4.97. The summed E-state index contributed by atoms with van der Waals surface area (Å²) in [7, 11) is 0. The first-order valence-electron chi connectivity index (χ1n) is 5.44. The van der Waals surface area contributed by atoms with Crippen LogP contribution in [0.5, 0.6) is 0 Å². The highest BCUT2D eigenvalue weighted by atomic mass is 16.3. The van der Waals surface area contributed by atoms with Crippen LogP contribution in [0.2, 0.25) is 0 Å². The molecule has 12 heavy (non-hydrogen) atoms. The summed E-state index contributed by atoms with van der Waals surface area (Å²) in [6.07, 6.45) is 8.99. The molecule has 2 aliphatic carbocycles. The van der Waals surface area contributed by atoms with Crippen LogP contribution in [0, 0.1) is 11.3 Å². The minimum atomic E-state index is 0.0211. The minimum absolute atomic E-state index is 0.0211. The summed E-state index contributed by atoms with van der Waals surface area (Å²) in [5.74, 6) is 0.767.